The van der Waals surface area contributed by atoms with Gasteiger partial charge in [0.15, 0.2) is 0 Å². The average molecular weight is 278 g/mol. The fourth-order valence-electron chi connectivity index (χ4n) is 1.70. The van der Waals surface area contributed by atoms with Crippen molar-refractivity contribution in [2.45, 2.75) is 0 Å². The molecular weight excluding hydrogens is 265 g/mol. The Morgan fingerprint density at radius 3 is 2.53 bits per heavy atom. The van der Waals surface area contributed by atoms with E-state index in [1.165, 1.54) is 6.07 Å². The van der Waals surface area contributed by atoms with Crippen molar-refractivity contribution in [1.29, 1.82) is 0 Å². The molecule has 0 spiro atoms. The maximum absolute atomic E-state index is 10.8. The molecule has 1 aromatic carbocycles. The fourth-order valence-corrected chi connectivity index (χ4v) is 1.95. The number of rotatable bonds is 2. The predicted molar refractivity (Wildman–Crippen MR) is 68.7 cm³/mol. The number of morpholine rings is 1. The van der Waals surface area contributed by atoms with E-state index in [4.69, 9.17) is 21.4 Å². The van der Waals surface area contributed by atoms with Crippen molar-refractivity contribution in [3.63, 3.8) is 0 Å². The van der Waals surface area contributed by atoms with Crippen LogP contribution in [-0.4, -0.2) is 37.4 Å². The highest BCUT2D eigenvalue weighted by atomic mass is 35.5. The minimum absolute atomic E-state index is 0. The van der Waals surface area contributed by atoms with Crippen LogP contribution in [0, 0.1) is 0 Å². The van der Waals surface area contributed by atoms with E-state index in [1.54, 1.807) is 12.1 Å². The molecular formula is C11H13Cl2NO3. The van der Waals surface area contributed by atoms with Crippen molar-refractivity contribution in [1.82, 2.24) is 0 Å². The molecule has 0 radical (unpaired) electrons. The van der Waals surface area contributed by atoms with Crippen LogP contribution < -0.4 is 4.90 Å². The van der Waals surface area contributed by atoms with Gasteiger partial charge in [-0.25, -0.2) is 4.79 Å². The second-order valence-electron chi connectivity index (χ2n) is 3.57. The molecule has 6 heteroatoms. The van der Waals surface area contributed by atoms with Crippen LogP contribution in [0.5, 0.6) is 0 Å². The van der Waals surface area contributed by atoms with Gasteiger partial charge < -0.3 is 14.7 Å². The topological polar surface area (TPSA) is 49.8 Å². The van der Waals surface area contributed by atoms with Crippen molar-refractivity contribution >= 4 is 35.7 Å². The molecule has 0 unspecified atom stereocenters. The Kier molecular flexibility index (Phi) is 5.05. The number of benzene rings is 1. The summed E-state index contributed by atoms with van der Waals surface area (Å²) in [5.41, 5.74) is 1.08. The lowest BCUT2D eigenvalue weighted by atomic mass is 10.2. The Bertz CT molecular complexity index is 406. The number of aromatic carboxylic acids is 1. The highest BCUT2D eigenvalue weighted by molar-refractivity contribution is 6.33. The third-order valence-electron chi connectivity index (χ3n) is 2.56. The van der Waals surface area contributed by atoms with Gasteiger partial charge in [0.2, 0.25) is 0 Å². The molecule has 0 atom stereocenters. The lowest BCUT2D eigenvalue weighted by Gasteiger charge is -2.29. The Hall–Kier alpha value is -0.970. The summed E-state index contributed by atoms with van der Waals surface area (Å²) in [7, 11) is 0. The van der Waals surface area contributed by atoms with Crippen LogP contribution in [0.15, 0.2) is 18.2 Å². The van der Waals surface area contributed by atoms with Crippen molar-refractivity contribution in [3.05, 3.63) is 28.8 Å². The number of halogens is 2. The number of hydrogen-bond donors (Lipinski definition) is 1. The molecule has 0 saturated carbocycles. The first kappa shape index (κ1) is 14.1. The van der Waals surface area contributed by atoms with Gasteiger partial charge in [-0.1, -0.05) is 11.6 Å². The molecule has 94 valence electrons. The molecule has 1 aliphatic rings. The van der Waals surface area contributed by atoms with E-state index in [0.717, 1.165) is 18.8 Å². The molecule has 1 aliphatic heterocycles. The van der Waals surface area contributed by atoms with Gasteiger partial charge in [0.1, 0.15) is 0 Å². The summed E-state index contributed by atoms with van der Waals surface area (Å²) in [6, 6.07) is 5.01. The summed E-state index contributed by atoms with van der Waals surface area (Å²) < 4.78 is 5.24. The molecule has 0 bridgehead atoms. The smallest absolute Gasteiger partial charge is 0.337 e. The van der Waals surface area contributed by atoms with Crippen LogP contribution in [0.1, 0.15) is 10.4 Å². The second kappa shape index (κ2) is 6.10. The van der Waals surface area contributed by atoms with Gasteiger partial charge in [-0.15, -0.1) is 12.4 Å². The Balaban J connectivity index is 0.00000144. The van der Waals surface area contributed by atoms with Crippen LogP contribution in [0.4, 0.5) is 5.69 Å². The quantitative estimate of drug-likeness (QED) is 0.901. The monoisotopic (exact) mass is 277 g/mol. The minimum atomic E-state index is -1.00. The van der Waals surface area contributed by atoms with Crippen molar-refractivity contribution in [2.24, 2.45) is 0 Å². The standard InChI is InChI=1S/C11H12ClNO3.ClH/c12-10-7-8(1-2-9(10)11(14)15)13-3-5-16-6-4-13;/h1-2,7H,3-6H2,(H,14,15);1H. The van der Waals surface area contributed by atoms with Gasteiger partial charge in [0.05, 0.1) is 23.8 Å². The van der Waals surface area contributed by atoms with Gasteiger partial charge >= 0.3 is 5.97 Å². The molecule has 1 fully saturated rings. The van der Waals surface area contributed by atoms with Crippen LogP contribution in [0.2, 0.25) is 5.02 Å². The SMILES string of the molecule is Cl.O=C(O)c1ccc(N2CCOCC2)cc1Cl. The molecule has 1 N–H and O–H groups in total. The van der Waals surface area contributed by atoms with Gasteiger partial charge in [-0.3, -0.25) is 0 Å². The Morgan fingerprint density at radius 2 is 2.00 bits per heavy atom. The first-order valence-electron chi connectivity index (χ1n) is 5.04. The molecule has 17 heavy (non-hydrogen) atoms. The van der Waals surface area contributed by atoms with Gasteiger partial charge in [-0.2, -0.15) is 0 Å². The predicted octanol–water partition coefficient (Wildman–Crippen LogP) is 2.30. The largest absolute Gasteiger partial charge is 0.478 e. The van der Waals surface area contributed by atoms with E-state index in [1.807, 2.05) is 0 Å². The minimum Gasteiger partial charge on any atom is -0.478 e. The van der Waals surface area contributed by atoms with Crippen molar-refractivity contribution in [2.75, 3.05) is 31.2 Å². The van der Waals surface area contributed by atoms with E-state index in [0.29, 0.717) is 13.2 Å². The van der Waals surface area contributed by atoms with E-state index < -0.39 is 5.97 Å². The zero-order valence-electron chi connectivity index (χ0n) is 9.06. The molecule has 0 aliphatic carbocycles. The normalized spacial score (nSPS) is 15.2. The van der Waals surface area contributed by atoms with Gasteiger partial charge in [0.25, 0.3) is 0 Å². The van der Waals surface area contributed by atoms with E-state index >= 15 is 0 Å². The van der Waals surface area contributed by atoms with Gasteiger partial charge in [-0.05, 0) is 18.2 Å². The first-order chi connectivity index (χ1) is 7.68. The molecule has 1 saturated heterocycles. The number of carbonyl (C=O) groups is 1. The summed E-state index contributed by atoms with van der Waals surface area (Å²) in [4.78, 5) is 12.9. The maximum atomic E-state index is 10.8. The molecule has 0 amide bonds. The molecule has 2 rings (SSSR count). The molecule has 1 aromatic rings. The summed E-state index contributed by atoms with van der Waals surface area (Å²) in [5.74, 6) is -1.00. The zero-order chi connectivity index (χ0) is 11.5. The van der Waals surface area contributed by atoms with Crippen LogP contribution in [0.25, 0.3) is 0 Å². The average Bonchev–Trinajstić information content (AvgIpc) is 2.29. The maximum Gasteiger partial charge on any atom is 0.337 e. The number of carboxylic acids is 1. The fraction of sp³-hybridized carbons (Fsp3) is 0.364. The third kappa shape index (κ3) is 3.25. The zero-order valence-corrected chi connectivity index (χ0v) is 10.6. The third-order valence-corrected chi connectivity index (χ3v) is 2.87. The number of carboxylic acid groups (broad SMARTS) is 1. The molecule has 0 aromatic heterocycles. The summed E-state index contributed by atoms with van der Waals surface area (Å²) in [5, 5.41) is 9.12. The summed E-state index contributed by atoms with van der Waals surface area (Å²) >= 11 is 5.90. The van der Waals surface area contributed by atoms with Crippen LogP contribution in [-0.2, 0) is 4.74 Å². The Labute approximate surface area is 111 Å². The lowest BCUT2D eigenvalue weighted by Crippen LogP contribution is -2.36. The molecule has 4 nitrogen and oxygen atoms in total. The van der Waals surface area contributed by atoms with Crippen molar-refractivity contribution in [3.8, 4) is 0 Å². The Morgan fingerprint density at radius 1 is 1.35 bits per heavy atom. The van der Waals surface area contributed by atoms with Crippen molar-refractivity contribution < 1.29 is 14.6 Å². The van der Waals surface area contributed by atoms with E-state index in [9.17, 15) is 4.79 Å². The number of nitrogens with zero attached hydrogens (tertiary/aromatic N) is 1. The number of hydrogen-bond acceptors (Lipinski definition) is 3. The highest BCUT2D eigenvalue weighted by Gasteiger charge is 2.14. The first-order valence-corrected chi connectivity index (χ1v) is 5.42. The lowest BCUT2D eigenvalue weighted by molar-refractivity contribution is 0.0697. The van der Waals surface area contributed by atoms with Gasteiger partial charge in [0, 0.05) is 18.8 Å². The van der Waals surface area contributed by atoms with E-state index in [2.05, 4.69) is 4.90 Å². The van der Waals surface area contributed by atoms with Crippen LogP contribution >= 0.6 is 24.0 Å². The molecule has 1 heterocycles. The highest BCUT2D eigenvalue weighted by Crippen LogP contribution is 2.24. The van der Waals surface area contributed by atoms with Crippen LogP contribution in [0.3, 0.4) is 0 Å². The van der Waals surface area contributed by atoms with E-state index in [-0.39, 0.29) is 23.0 Å². The number of anilines is 1. The second-order valence-corrected chi connectivity index (χ2v) is 3.98. The summed E-state index contributed by atoms with van der Waals surface area (Å²) in [6.45, 7) is 3.00. The summed E-state index contributed by atoms with van der Waals surface area (Å²) in [6.07, 6.45) is 0. The number of ether oxygens (including phenoxy) is 1.